The lowest BCUT2D eigenvalue weighted by molar-refractivity contribution is -0.121. The monoisotopic (exact) mass is 194 g/mol. The second-order valence-electron chi connectivity index (χ2n) is 2.30. The van der Waals surface area contributed by atoms with Crippen LogP contribution in [0.4, 0.5) is 0 Å². The van der Waals surface area contributed by atoms with Crippen molar-refractivity contribution in [2.45, 2.75) is 26.7 Å². The molecule has 0 rings (SSSR count). The molecule has 0 saturated carbocycles. The van der Waals surface area contributed by atoms with E-state index >= 15 is 0 Å². The molecule has 0 bridgehead atoms. The Labute approximate surface area is 72.6 Å². The van der Waals surface area contributed by atoms with Gasteiger partial charge < -0.3 is 0 Å². The Kier molecular flexibility index (Phi) is 4.84. The van der Waals surface area contributed by atoms with E-state index in [0.717, 1.165) is 0 Å². The van der Waals surface area contributed by atoms with Gasteiger partial charge in [-0.3, -0.25) is 10.2 Å². The molecule has 12 heavy (non-hydrogen) atoms. The Morgan fingerprint density at radius 3 is 2.33 bits per heavy atom. The number of hydrogen-bond donors (Lipinski definition) is 2. The van der Waals surface area contributed by atoms with Crippen molar-refractivity contribution in [1.29, 1.82) is 0 Å². The highest BCUT2D eigenvalue weighted by atomic mass is 32.2. The standard InChI is InChI=1S/C6H14N2O3S/c1-3-5-6(9)7-8-12(10,11)4-2/h8H,3-5H2,1-2H3,(H,7,9). The predicted octanol–water partition coefficient (Wildman–Crippen LogP) is -0.243. The number of carbonyl (C=O) groups is 1. The van der Waals surface area contributed by atoms with E-state index in [9.17, 15) is 13.2 Å². The number of rotatable bonds is 5. The number of carbonyl (C=O) groups excluding carboxylic acids is 1. The summed E-state index contributed by atoms with van der Waals surface area (Å²) in [6.45, 7) is 3.34. The normalized spacial score (nSPS) is 11.2. The molecule has 5 nitrogen and oxygen atoms in total. The topological polar surface area (TPSA) is 75.3 Å². The predicted molar refractivity (Wildman–Crippen MR) is 45.6 cm³/mol. The van der Waals surface area contributed by atoms with E-state index in [1.807, 2.05) is 11.8 Å². The van der Waals surface area contributed by atoms with Gasteiger partial charge in [-0.05, 0) is 13.3 Å². The lowest BCUT2D eigenvalue weighted by Crippen LogP contribution is -2.42. The molecule has 0 fully saturated rings. The lowest BCUT2D eigenvalue weighted by Gasteiger charge is -2.04. The lowest BCUT2D eigenvalue weighted by atomic mass is 10.3. The maximum atomic E-state index is 10.8. The van der Waals surface area contributed by atoms with Crippen LogP contribution >= 0.6 is 0 Å². The highest BCUT2D eigenvalue weighted by molar-refractivity contribution is 7.89. The number of hydrazine groups is 1. The van der Waals surface area contributed by atoms with Gasteiger partial charge in [0.25, 0.3) is 0 Å². The molecule has 6 heteroatoms. The van der Waals surface area contributed by atoms with Crippen LogP contribution in [0.5, 0.6) is 0 Å². The summed E-state index contributed by atoms with van der Waals surface area (Å²) in [6.07, 6.45) is 1.02. The van der Waals surface area contributed by atoms with E-state index in [4.69, 9.17) is 0 Å². The van der Waals surface area contributed by atoms with E-state index < -0.39 is 10.0 Å². The molecular weight excluding hydrogens is 180 g/mol. The maximum Gasteiger partial charge on any atom is 0.234 e. The van der Waals surface area contributed by atoms with Crippen molar-refractivity contribution in [3.05, 3.63) is 0 Å². The third-order valence-electron chi connectivity index (χ3n) is 1.20. The van der Waals surface area contributed by atoms with Gasteiger partial charge in [0.2, 0.25) is 15.9 Å². The van der Waals surface area contributed by atoms with E-state index in [-0.39, 0.29) is 11.7 Å². The first kappa shape index (κ1) is 11.4. The Morgan fingerprint density at radius 1 is 1.33 bits per heavy atom. The smallest absolute Gasteiger partial charge is 0.234 e. The number of nitrogens with one attached hydrogen (secondary N) is 2. The minimum Gasteiger partial charge on any atom is -0.278 e. The van der Waals surface area contributed by atoms with Crippen LogP contribution < -0.4 is 10.3 Å². The van der Waals surface area contributed by atoms with Crippen LogP contribution in [0, 0.1) is 0 Å². The molecule has 0 aromatic carbocycles. The third kappa shape index (κ3) is 5.09. The quantitative estimate of drug-likeness (QED) is 0.593. The minimum atomic E-state index is -3.31. The van der Waals surface area contributed by atoms with E-state index in [0.29, 0.717) is 12.8 Å². The Balaban J connectivity index is 3.76. The molecule has 0 saturated heterocycles. The maximum absolute atomic E-state index is 10.8. The van der Waals surface area contributed by atoms with Gasteiger partial charge >= 0.3 is 0 Å². The minimum absolute atomic E-state index is 0.0423. The van der Waals surface area contributed by atoms with Crippen molar-refractivity contribution < 1.29 is 13.2 Å². The molecule has 0 unspecified atom stereocenters. The SMILES string of the molecule is CCCC(=O)NNS(=O)(=O)CC. The van der Waals surface area contributed by atoms with Gasteiger partial charge in [0.1, 0.15) is 0 Å². The van der Waals surface area contributed by atoms with Gasteiger partial charge in [-0.2, -0.15) is 0 Å². The average Bonchev–Trinajstić information content (AvgIpc) is 2.02. The van der Waals surface area contributed by atoms with Crippen molar-refractivity contribution in [3.8, 4) is 0 Å². The van der Waals surface area contributed by atoms with Crippen LogP contribution in [0.3, 0.4) is 0 Å². The van der Waals surface area contributed by atoms with Crippen molar-refractivity contribution in [2.75, 3.05) is 5.75 Å². The molecule has 0 aliphatic rings. The van der Waals surface area contributed by atoms with Gasteiger partial charge in [-0.25, -0.2) is 8.42 Å². The molecule has 0 atom stereocenters. The number of amides is 1. The van der Waals surface area contributed by atoms with Crippen LogP contribution in [0.25, 0.3) is 0 Å². The summed E-state index contributed by atoms with van der Waals surface area (Å²) in [5, 5.41) is 0. The second-order valence-corrected chi connectivity index (χ2v) is 4.31. The molecule has 0 radical (unpaired) electrons. The van der Waals surface area contributed by atoms with Crippen molar-refractivity contribution >= 4 is 15.9 Å². The average molecular weight is 194 g/mol. The first-order chi connectivity index (χ1) is 5.52. The molecule has 0 aliphatic carbocycles. The molecule has 0 heterocycles. The molecule has 0 aromatic heterocycles. The van der Waals surface area contributed by atoms with Crippen molar-refractivity contribution in [2.24, 2.45) is 0 Å². The fourth-order valence-electron chi connectivity index (χ4n) is 0.496. The molecule has 0 aromatic rings. The highest BCUT2D eigenvalue weighted by Gasteiger charge is 2.06. The fourth-order valence-corrected chi connectivity index (χ4v) is 0.910. The summed E-state index contributed by atoms with van der Waals surface area (Å²) in [5.74, 6) is -0.353. The third-order valence-corrected chi connectivity index (χ3v) is 2.38. The van der Waals surface area contributed by atoms with E-state index in [2.05, 4.69) is 5.43 Å². The van der Waals surface area contributed by atoms with Gasteiger partial charge in [0.05, 0.1) is 5.75 Å². The van der Waals surface area contributed by atoms with Crippen LogP contribution in [0.1, 0.15) is 26.7 Å². The largest absolute Gasteiger partial charge is 0.278 e. The zero-order valence-electron chi connectivity index (χ0n) is 7.25. The first-order valence-corrected chi connectivity index (χ1v) is 5.45. The molecule has 2 N–H and O–H groups in total. The van der Waals surface area contributed by atoms with Crippen molar-refractivity contribution in [3.63, 3.8) is 0 Å². The second kappa shape index (κ2) is 5.10. The number of sulfonamides is 1. The van der Waals surface area contributed by atoms with E-state index in [1.165, 1.54) is 6.92 Å². The summed E-state index contributed by atoms with van der Waals surface area (Å²) < 4.78 is 21.6. The zero-order valence-corrected chi connectivity index (χ0v) is 8.07. The van der Waals surface area contributed by atoms with E-state index in [1.54, 1.807) is 0 Å². The van der Waals surface area contributed by atoms with Gasteiger partial charge in [-0.1, -0.05) is 6.92 Å². The molecular formula is C6H14N2O3S. The molecule has 0 aliphatic heterocycles. The van der Waals surface area contributed by atoms with Gasteiger partial charge in [0, 0.05) is 6.42 Å². The fraction of sp³-hybridized carbons (Fsp3) is 0.833. The number of hydrogen-bond acceptors (Lipinski definition) is 3. The zero-order chi connectivity index (χ0) is 9.61. The Bertz CT molecular complexity index is 235. The summed E-state index contributed by atoms with van der Waals surface area (Å²) in [7, 11) is -3.31. The summed E-state index contributed by atoms with van der Waals surface area (Å²) >= 11 is 0. The summed E-state index contributed by atoms with van der Waals surface area (Å²) in [4.78, 5) is 12.7. The molecule has 1 amide bonds. The Morgan fingerprint density at radius 2 is 1.92 bits per heavy atom. The summed E-state index contributed by atoms with van der Waals surface area (Å²) in [5.41, 5.74) is 2.10. The highest BCUT2D eigenvalue weighted by Crippen LogP contribution is 1.85. The Hall–Kier alpha value is -0.620. The van der Waals surface area contributed by atoms with Gasteiger partial charge in [0.15, 0.2) is 0 Å². The van der Waals surface area contributed by atoms with Crippen LogP contribution in [-0.2, 0) is 14.8 Å². The first-order valence-electron chi connectivity index (χ1n) is 3.80. The molecule has 72 valence electrons. The van der Waals surface area contributed by atoms with Crippen LogP contribution in [0.2, 0.25) is 0 Å². The van der Waals surface area contributed by atoms with Gasteiger partial charge in [-0.15, -0.1) is 4.83 Å². The van der Waals surface area contributed by atoms with Crippen molar-refractivity contribution in [1.82, 2.24) is 10.3 Å². The van der Waals surface area contributed by atoms with Crippen LogP contribution in [0.15, 0.2) is 0 Å². The molecule has 0 spiro atoms. The summed E-state index contributed by atoms with van der Waals surface area (Å²) in [6, 6.07) is 0. The van der Waals surface area contributed by atoms with Crippen LogP contribution in [-0.4, -0.2) is 20.1 Å².